The third-order valence-electron chi connectivity index (χ3n) is 2.25. The summed E-state index contributed by atoms with van der Waals surface area (Å²) in [4.78, 5) is 22.5. The van der Waals surface area contributed by atoms with Gasteiger partial charge in [0.25, 0.3) is 0 Å². The van der Waals surface area contributed by atoms with E-state index in [-0.39, 0.29) is 22.2 Å². The summed E-state index contributed by atoms with van der Waals surface area (Å²) in [6.07, 6.45) is 0. The fourth-order valence-corrected chi connectivity index (χ4v) is 1.35. The summed E-state index contributed by atoms with van der Waals surface area (Å²) in [7, 11) is 0. The topological polar surface area (TPSA) is 86.6 Å². The second-order valence-corrected chi connectivity index (χ2v) is 5.27. The molecule has 0 radical (unpaired) electrons. The Labute approximate surface area is 109 Å². The Bertz CT molecular complexity index is 506. The van der Waals surface area contributed by atoms with Crippen molar-refractivity contribution in [2.75, 3.05) is 5.32 Å². The second-order valence-electron chi connectivity index (χ2n) is 4.86. The lowest BCUT2D eigenvalue weighted by Gasteiger charge is -2.18. The lowest BCUT2D eigenvalue weighted by Crippen LogP contribution is -2.27. The average molecular weight is 272 g/mol. The molecule has 0 atom stereocenters. The molecule has 3 N–H and O–H groups in total. The van der Waals surface area contributed by atoms with Crippen molar-refractivity contribution in [1.29, 1.82) is 0 Å². The van der Waals surface area contributed by atoms with E-state index in [4.69, 9.17) is 16.7 Å². The largest absolute Gasteiger partial charge is 0.507 e. The highest BCUT2D eigenvalue weighted by atomic mass is 35.5. The minimum Gasteiger partial charge on any atom is -0.507 e. The number of halogens is 1. The van der Waals surface area contributed by atoms with Crippen molar-refractivity contribution in [2.24, 2.45) is 5.41 Å². The van der Waals surface area contributed by atoms with E-state index in [2.05, 4.69) is 5.32 Å². The van der Waals surface area contributed by atoms with E-state index in [0.29, 0.717) is 0 Å². The summed E-state index contributed by atoms with van der Waals surface area (Å²) in [5, 5.41) is 20.9. The average Bonchev–Trinajstić information content (AvgIpc) is 2.21. The molecule has 0 saturated heterocycles. The number of benzene rings is 1. The van der Waals surface area contributed by atoms with Crippen LogP contribution in [-0.4, -0.2) is 22.1 Å². The van der Waals surface area contributed by atoms with Crippen LogP contribution < -0.4 is 5.32 Å². The molecule has 98 valence electrons. The van der Waals surface area contributed by atoms with Gasteiger partial charge in [-0.1, -0.05) is 32.4 Å². The smallest absolute Gasteiger partial charge is 0.339 e. The van der Waals surface area contributed by atoms with Crippen LogP contribution in [0.2, 0.25) is 5.02 Å². The maximum absolute atomic E-state index is 11.7. The first-order valence-corrected chi connectivity index (χ1v) is 5.58. The minimum atomic E-state index is -1.29. The number of hydrogen-bond donors (Lipinski definition) is 3. The lowest BCUT2D eigenvalue weighted by atomic mass is 9.95. The third kappa shape index (κ3) is 3.13. The van der Waals surface area contributed by atoms with E-state index in [0.717, 1.165) is 12.1 Å². The zero-order valence-corrected chi connectivity index (χ0v) is 11.0. The maximum atomic E-state index is 11.7. The Morgan fingerprint density at radius 1 is 1.28 bits per heavy atom. The van der Waals surface area contributed by atoms with E-state index in [1.165, 1.54) is 0 Å². The van der Waals surface area contributed by atoms with E-state index < -0.39 is 17.1 Å². The van der Waals surface area contributed by atoms with Crippen LogP contribution in [-0.2, 0) is 4.79 Å². The molecule has 0 aliphatic rings. The predicted molar refractivity (Wildman–Crippen MR) is 68.2 cm³/mol. The Morgan fingerprint density at radius 2 is 1.83 bits per heavy atom. The molecular weight excluding hydrogens is 258 g/mol. The highest BCUT2D eigenvalue weighted by Crippen LogP contribution is 2.31. The van der Waals surface area contributed by atoms with Crippen LogP contribution in [0.4, 0.5) is 5.69 Å². The van der Waals surface area contributed by atoms with E-state index in [1.807, 2.05) is 0 Å². The molecular formula is C12H14ClNO4. The Balaban J connectivity index is 3.10. The van der Waals surface area contributed by atoms with E-state index in [1.54, 1.807) is 20.8 Å². The number of anilines is 1. The summed E-state index contributed by atoms with van der Waals surface area (Å²) in [5.74, 6) is -2.02. The van der Waals surface area contributed by atoms with E-state index >= 15 is 0 Å². The number of carbonyl (C=O) groups is 2. The standard InChI is InChI=1S/C12H14ClNO4/c1-12(2,3)11(18)14-8-5-9(15)6(10(16)17)4-7(8)13/h4-5,15H,1-3H3,(H,14,18)(H,16,17). The maximum Gasteiger partial charge on any atom is 0.339 e. The predicted octanol–water partition coefficient (Wildman–Crippen LogP) is 2.73. The zero-order valence-electron chi connectivity index (χ0n) is 10.2. The molecule has 1 rings (SSSR count). The minimum absolute atomic E-state index is 0.0581. The van der Waals surface area contributed by atoms with Crippen molar-refractivity contribution in [2.45, 2.75) is 20.8 Å². The van der Waals surface area contributed by atoms with Crippen LogP contribution in [0.15, 0.2) is 12.1 Å². The van der Waals surface area contributed by atoms with E-state index in [9.17, 15) is 14.7 Å². The summed E-state index contributed by atoms with van der Waals surface area (Å²) < 4.78 is 0. The fourth-order valence-electron chi connectivity index (χ4n) is 1.14. The highest BCUT2D eigenvalue weighted by Gasteiger charge is 2.23. The number of rotatable bonds is 2. The van der Waals surface area contributed by atoms with Crippen LogP contribution in [0.25, 0.3) is 0 Å². The Hall–Kier alpha value is -1.75. The molecule has 18 heavy (non-hydrogen) atoms. The molecule has 0 aliphatic heterocycles. The van der Waals surface area contributed by atoms with Crippen molar-refractivity contribution in [1.82, 2.24) is 0 Å². The van der Waals surface area contributed by atoms with Gasteiger partial charge in [0, 0.05) is 11.5 Å². The van der Waals surface area contributed by atoms with Gasteiger partial charge in [-0.05, 0) is 6.07 Å². The van der Waals surface area contributed by atoms with Gasteiger partial charge in [-0.3, -0.25) is 4.79 Å². The number of carboxylic acids is 1. The van der Waals surface area contributed by atoms with Crippen LogP contribution in [0.1, 0.15) is 31.1 Å². The molecule has 0 aliphatic carbocycles. The SMILES string of the molecule is CC(C)(C)C(=O)Nc1cc(O)c(C(=O)O)cc1Cl. The van der Waals surface area contributed by atoms with Gasteiger partial charge >= 0.3 is 5.97 Å². The molecule has 5 nitrogen and oxygen atoms in total. The highest BCUT2D eigenvalue weighted by molar-refractivity contribution is 6.34. The fraction of sp³-hybridized carbons (Fsp3) is 0.333. The second kappa shape index (κ2) is 4.86. The summed E-state index contributed by atoms with van der Waals surface area (Å²) in [6, 6.07) is 2.22. The Morgan fingerprint density at radius 3 is 2.28 bits per heavy atom. The van der Waals surface area contributed by atoms with Crippen LogP contribution in [0.3, 0.4) is 0 Å². The van der Waals surface area contributed by atoms with Crippen LogP contribution in [0.5, 0.6) is 5.75 Å². The molecule has 1 amide bonds. The molecule has 0 bridgehead atoms. The van der Waals surface area contributed by atoms with Gasteiger partial charge in [0.15, 0.2) is 0 Å². The molecule has 0 saturated carbocycles. The zero-order chi connectivity index (χ0) is 14.1. The number of aromatic hydroxyl groups is 1. The van der Waals surface area contributed by atoms with Gasteiger partial charge in [-0.2, -0.15) is 0 Å². The molecule has 1 aromatic carbocycles. The van der Waals surface area contributed by atoms with Gasteiger partial charge in [0.05, 0.1) is 10.7 Å². The number of phenols is 1. The van der Waals surface area contributed by atoms with Gasteiger partial charge in [-0.25, -0.2) is 4.79 Å². The van der Waals surface area contributed by atoms with Crippen molar-refractivity contribution in [3.63, 3.8) is 0 Å². The summed E-state index contributed by atoms with van der Waals surface area (Å²) >= 11 is 5.85. The number of nitrogens with one attached hydrogen (secondary N) is 1. The number of carboxylic acid groups (broad SMARTS) is 1. The number of carbonyl (C=O) groups excluding carboxylic acids is 1. The molecule has 6 heteroatoms. The third-order valence-corrected chi connectivity index (χ3v) is 2.56. The molecule has 0 heterocycles. The quantitative estimate of drug-likeness (QED) is 0.772. The van der Waals surface area contributed by atoms with Crippen molar-refractivity contribution < 1.29 is 19.8 Å². The van der Waals surface area contributed by atoms with Crippen molar-refractivity contribution >= 4 is 29.2 Å². The normalized spacial score (nSPS) is 11.1. The van der Waals surface area contributed by atoms with Gasteiger partial charge < -0.3 is 15.5 Å². The van der Waals surface area contributed by atoms with Crippen LogP contribution >= 0.6 is 11.6 Å². The lowest BCUT2D eigenvalue weighted by molar-refractivity contribution is -0.123. The van der Waals surface area contributed by atoms with Crippen molar-refractivity contribution in [3.8, 4) is 5.75 Å². The number of amides is 1. The van der Waals surface area contributed by atoms with Gasteiger partial charge in [0.1, 0.15) is 11.3 Å². The van der Waals surface area contributed by atoms with Crippen LogP contribution in [0, 0.1) is 5.41 Å². The first-order valence-electron chi connectivity index (χ1n) is 5.20. The molecule has 0 aromatic heterocycles. The first kappa shape index (κ1) is 14.3. The molecule has 0 spiro atoms. The van der Waals surface area contributed by atoms with Gasteiger partial charge in [-0.15, -0.1) is 0 Å². The van der Waals surface area contributed by atoms with Gasteiger partial charge in [0.2, 0.25) is 5.91 Å². The van der Waals surface area contributed by atoms with Crippen molar-refractivity contribution in [3.05, 3.63) is 22.7 Å². The molecule has 1 aromatic rings. The summed E-state index contributed by atoms with van der Waals surface area (Å²) in [6.45, 7) is 5.17. The number of hydrogen-bond acceptors (Lipinski definition) is 3. The molecule has 0 fully saturated rings. The summed E-state index contributed by atoms with van der Waals surface area (Å²) in [5.41, 5.74) is -0.752. The monoisotopic (exact) mass is 271 g/mol. The number of aromatic carboxylic acids is 1. The Kier molecular flexibility index (Phi) is 3.86. The molecule has 0 unspecified atom stereocenters. The first-order chi connectivity index (χ1) is 8.12.